The van der Waals surface area contributed by atoms with Gasteiger partial charge in [-0.2, -0.15) is 0 Å². The van der Waals surface area contributed by atoms with Crippen molar-refractivity contribution in [3.05, 3.63) is 29.6 Å². The molecule has 2 aromatic rings. The first-order valence-corrected chi connectivity index (χ1v) is 7.19. The Bertz CT molecular complexity index is 596. The molecule has 0 saturated heterocycles. The van der Waals surface area contributed by atoms with E-state index in [0.717, 1.165) is 5.52 Å². The van der Waals surface area contributed by atoms with Crippen LogP contribution in [0.2, 0.25) is 0 Å². The quantitative estimate of drug-likeness (QED) is 0.914. The lowest BCUT2D eigenvalue weighted by molar-refractivity contribution is 0.237. The number of aromatic nitrogens is 2. The molecule has 1 N–H and O–H groups in total. The molecule has 0 spiro atoms. The van der Waals surface area contributed by atoms with Crippen molar-refractivity contribution in [2.24, 2.45) is 13.0 Å². The summed E-state index contributed by atoms with van der Waals surface area (Å²) in [5.74, 6) is 2.53. The smallest absolute Gasteiger partial charge is 0.112 e. The summed E-state index contributed by atoms with van der Waals surface area (Å²) < 4.78 is 2.22. The molecule has 1 fully saturated rings. The van der Waals surface area contributed by atoms with E-state index in [0.29, 0.717) is 11.8 Å². The first-order chi connectivity index (χ1) is 9.11. The fourth-order valence-electron chi connectivity index (χ4n) is 2.87. The average Bonchev–Trinajstić information content (AvgIpc) is 3.16. The minimum atomic E-state index is 0.200. The second-order valence-electron chi connectivity index (χ2n) is 6.08. The highest BCUT2D eigenvalue weighted by Gasteiger charge is 2.28. The Morgan fingerprint density at radius 2 is 2.11 bits per heavy atom. The Kier molecular flexibility index (Phi) is 3.09. The minimum absolute atomic E-state index is 0.200. The Morgan fingerprint density at radius 1 is 1.37 bits per heavy atom. The standard InChI is InChI=1S/C16H22N2O/c1-10(2)13(9-19)12-6-7-15-14(8-12)17-16(18(15)3)11-4-5-11/h6-8,10-11,13,19H,4-5,9H2,1-3H3. The highest BCUT2D eigenvalue weighted by Crippen LogP contribution is 2.40. The maximum absolute atomic E-state index is 9.55. The zero-order chi connectivity index (χ0) is 13.6. The average molecular weight is 258 g/mol. The van der Waals surface area contributed by atoms with Crippen molar-refractivity contribution >= 4 is 11.0 Å². The molecule has 1 unspecified atom stereocenters. The summed E-state index contributed by atoms with van der Waals surface area (Å²) in [4.78, 5) is 4.79. The fourth-order valence-corrected chi connectivity index (χ4v) is 2.87. The Balaban J connectivity index is 2.05. The van der Waals surface area contributed by atoms with Crippen molar-refractivity contribution in [1.29, 1.82) is 0 Å². The van der Waals surface area contributed by atoms with Gasteiger partial charge in [-0.3, -0.25) is 0 Å². The van der Waals surface area contributed by atoms with Gasteiger partial charge in [-0.25, -0.2) is 4.98 Å². The third-order valence-corrected chi connectivity index (χ3v) is 4.31. The minimum Gasteiger partial charge on any atom is -0.396 e. The third kappa shape index (κ3) is 2.16. The largest absolute Gasteiger partial charge is 0.396 e. The van der Waals surface area contributed by atoms with Crippen LogP contribution in [-0.2, 0) is 7.05 Å². The van der Waals surface area contributed by atoms with Gasteiger partial charge in [0.05, 0.1) is 17.6 Å². The van der Waals surface area contributed by atoms with E-state index in [9.17, 15) is 5.11 Å². The second-order valence-corrected chi connectivity index (χ2v) is 6.08. The van der Waals surface area contributed by atoms with Crippen molar-refractivity contribution in [2.75, 3.05) is 6.61 Å². The molecule has 3 heteroatoms. The summed E-state index contributed by atoms with van der Waals surface area (Å²) in [5.41, 5.74) is 3.47. The maximum Gasteiger partial charge on any atom is 0.112 e. The molecule has 1 aliphatic rings. The van der Waals surface area contributed by atoms with Gasteiger partial charge in [0.1, 0.15) is 5.82 Å². The number of benzene rings is 1. The van der Waals surface area contributed by atoms with Gasteiger partial charge in [-0.1, -0.05) is 19.9 Å². The van der Waals surface area contributed by atoms with Gasteiger partial charge < -0.3 is 9.67 Å². The summed E-state index contributed by atoms with van der Waals surface area (Å²) in [6, 6.07) is 6.44. The van der Waals surface area contributed by atoms with Crippen LogP contribution < -0.4 is 0 Å². The first-order valence-electron chi connectivity index (χ1n) is 7.19. The fraction of sp³-hybridized carbons (Fsp3) is 0.562. The van der Waals surface area contributed by atoms with Crippen LogP contribution in [0.3, 0.4) is 0 Å². The van der Waals surface area contributed by atoms with Gasteiger partial charge in [-0.15, -0.1) is 0 Å². The summed E-state index contributed by atoms with van der Waals surface area (Å²) >= 11 is 0. The van der Waals surface area contributed by atoms with Crippen LogP contribution in [0.5, 0.6) is 0 Å². The van der Waals surface area contributed by atoms with Crippen molar-refractivity contribution in [1.82, 2.24) is 9.55 Å². The molecule has 0 bridgehead atoms. The molecular weight excluding hydrogens is 236 g/mol. The van der Waals surface area contributed by atoms with Crippen LogP contribution >= 0.6 is 0 Å². The van der Waals surface area contributed by atoms with Gasteiger partial charge in [-0.05, 0) is 36.5 Å². The number of aliphatic hydroxyl groups excluding tert-OH is 1. The normalized spacial score (nSPS) is 17.3. The van der Waals surface area contributed by atoms with Gasteiger partial charge >= 0.3 is 0 Å². The summed E-state index contributed by atoms with van der Waals surface area (Å²) in [5, 5.41) is 9.55. The topological polar surface area (TPSA) is 38.1 Å². The first kappa shape index (κ1) is 12.7. The molecule has 3 rings (SSSR count). The highest BCUT2D eigenvalue weighted by atomic mass is 16.3. The van der Waals surface area contributed by atoms with E-state index < -0.39 is 0 Å². The molecule has 1 aliphatic carbocycles. The van der Waals surface area contributed by atoms with Gasteiger partial charge in [0, 0.05) is 18.9 Å². The van der Waals surface area contributed by atoms with E-state index in [4.69, 9.17) is 4.98 Å². The van der Waals surface area contributed by atoms with Crippen LogP contribution in [0, 0.1) is 5.92 Å². The number of hydrogen-bond donors (Lipinski definition) is 1. The second kappa shape index (κ2) is 4.64. The van der Waals surface area contributed by atoms with E-state index in [1.165, 1.54) is 29.7 Å². The number of rotatable bonds is 4. The predicted molar refractivity (Wildman–Crippen MR) is 77.4 cm³/mol. The van der Waals surface area contributed by atoms with E-state index >= 15 is 0 Å². The lowest BCUT2D eigenvalue weighted by atomic mass is 9.89. The van der Waals surface area contributed by atoms with Crippen LogP contribution in [0.15, 0.2) is 18.2 Å². The summed E-state index contributed by atoms with van der Waals surface area (Å²) in [7, 11) is 2.11. The molecule has 1 aromatic heterocycles. The predicted octanol–water partition coefficient (Wildman–Crippen LogP) is 3.18. The zero-order valence-corrected chi connectivity index (χ0v) is 11.9. The number of aryl methyl sites for hydroxylation is 1. The molecule has 1 atom stereocenters. The molecule has 1 saturated carbocycles. The lowest BCUT2D eigenvalue weighted by Crippen LogP contribution is -2.11. The van der Waals surface area contributed by atoms with Crippen molar-refractivity contribution in [3.63, 3.8) is 0 Å². The monoisotopic (exact) mass is 258 g/mol. The number of hydrogen-bond acceptors (Lipinski definition) is 2. The molecule has 0 amide bonds. The van der Waals surface area contributed by atoms with Crippen molar-refractivity contribution in [2.45, 2.75) is 38.5 Å². The van der Waals surface area contributed by atoms with E-state index in [-0.39, 0.29) is 12.5 Å². The number of nitrogens with zero attached hydrogens (tertiary/aromatic N) is 2. The Hall–Kier alpha value is -1.35. The van der Waals surface area contributed by atoms with E-state index in [1.54, 1.807) is 0 Å². The van der Waals surface area contributed by atoms with E-state index in [1.807, 2.05) is 0 Å². The van der Waals surface area contributed by atoms with Crippen LogP contribution in [0.25, 0.3) is 11.0 Å². The maximum atomic E-state index is 9.55. The molecule has 0 radical (unpaired) electrons. The lowest BCUT2D eigenvalue weighted by Gasteiger charge is -2.18. The summed E-state index contributed by atoms with van der Waals surface area (Å²) in [6.45, 7) is 4.50. The van der Waals surface area contributed by atoms with Crippen LogP contribution in [0.1, 0.15) is 49.9 Å². The zero-order valence-electron chi connectivity index (χ0n) is 11.9. The van der Waals surface area contributed by atoms with Crippen molar-refractivity contribution in [3.8, 4) is 0 Å². The van der Waals surface area contributed by atoms with Crippen LogP contribution in [0.4, 0.5) is 0 Å². The third-order valence-electron chi connectivity index (χ3n) is 4.31. The molecule has 3 nitrogen and oxygen atoms in total. The molecule has 1 aromatic carbocycles. The van der Waals surface area contributed by atoms with Gasteiger partial charge in [0.2, 0.25) is 0 Å². The molecule has 102 valence electrons. The van der Waals surface area contributed by atoms with E-state index in [2.05, 4.69) is 43.7 Å². The summed E-state index contributed by atoms with van der Waals surface area (Å²) in [6.07, 6.45) is 2.55. The number of imidazole rings is 1. The number of aliphatic hydroxyl groups is 1. The van der Waals surface area contributed by atoms with Gasteiger partial charge in [0.15, 0.2) is 0 Å². The Morgan fingerprint density at radius 3 is 2.68 bits per heavy atom. The van der Waals surface area contributed by atoms with Crippen molar-refractivity contribution < 1.29 is 5.11 Å². The highest BCUT2D eigenvalue weighted by molar-refractivity contribution is 5.77. The Labute approximate surface area is 114 Å². The molecule has 0 aliphatic heterocycles. The van der Waals surface area contributed by atoms with Crippen LogP contribution in [-0.4, -0.2) is 21.3 Å². The van der Waals surface area contributed by atoms with Gasteiger partial charge in [0.25, 0.3) is 0 Å². The number of fused-ring (bicyclic) bond motifs is 1. The SMILES string of the molecule is CC(C)C(CO)c1ccc2c(c1)nc(C1CC1)n2C. The molecule has 19 heavy (non-hydrogen) atoms. The molecule has 1 heterocycles. The molecular formula is C16H22N2O.